The van der Waals surface area contributed by atoms with E-state index in [0.717, 1.165) is 5.56 Å². The summed E-state index contributed by atoms with van der Waals surface area (Å²) in [6.45, 7) is 3.18. The maximum Gasteiger partial charge on any atom is 0.322 e. The van der Waals surface area contributed by atoms with Gasteiger partial charge in [-0.25, -0.2) is 4.79 Å². The molecule has 2 amide bonds. The minimum Gasteiger partial charge on any atom is -0.383 e. The molecule has 0 fully saturated rings. The fourth-order valence-corrected chi connectivity index (χ4v) is 2.21. The number of halogens is 1. The van der Waals surface area contributed by atoms with E-state index in [1.165, 1.54) is 0 Å². The molecule has 6 nitrogen and oxygen atoms in total. The maximum atomic E-state index is 12.3. The van der Waals surface area contributed by atoms with Gasteiger partial charge in [-0.3, -0.25) is 4.68 Å². The number of amides is 2. The lowest BCUT2D eigenvalue weighted by Gasteiger charge is -2.25. The van der Waals surface area contributed by atoms with Crippen LogP contribution in [0.4, 0.5) is 10.5 Å². The molecule has 1 atom stereocenters. The summed E-state index contributed by atoms with van der Waals surface area (Å²) < 4.78 is 6.72. The smallest absolute Gasteiger partial charge is 0.322 e. The molecular formula is C16H21ClN4O2. The molecule has 124 valence electrons. The van der Waals surface area contributed by atoms with Crippen molar-refractivity contribution in [3.05, 3.63) is 47.2 Å². The zero-order valence-corrected chi connectivity index (χ0v) is 14.2. The first-order chi connectivity index (χ1) is 11.0. The summed E-state index contributed by atoms with van der Waals surface area (Å²) in [5, 5.41) is 7.68. The highest BCUT2D eigenvalue weighted by Crippen LogP contribution is 2.21. The summed E-state index contributed by atoms with van der Waals surface area (Å²) in [4.78, 5) is 14.0. The Hall–Kier alpha value is -2.05. The van der Waals surface area contributed by atoms with Crippen molar-refractivity contribution in [2.45, 2.75) is 19.5 Å². The van der Waals surface area contributed by atoms with Crippen LogP contribution in [0.3, 0.4) is 0 Å². The minimum absolute atomic E-state index is 0.0733. The fraction of sp³-hybridized carbons (Fsp3) is 0.375. The van der Waals surface area contributed by atoms with Gasteiger partial charge in [0.15, 0.2) is 0 Å². The molecule has 1 N–H and O–H groups in total. The van der Waals surface area contributed by atoms with Crippen molar-refractivity contribution in [2.75, 3.05) is 26.1 Å². The lowest BCUT2D eigenvalue weighted by molar-refractivity contribution is 0.183. The highest BCUT2D eigenvalue weighted by atomic mass is 35.5. The number of hydrogen-bond acceptors (Lipinski definition) is 3. The standard InChI is InChI=1S/C16H21ClN4O2/c1-12(13-4-6-14(17)7-5-13)20(2)16(22)19-15-10-18-21(11-15)8-9-23-3/h4-7,10-12H,8-9H2,1-3H3,(H,19,22)/t12-/m1/s1. The Morgan fingerprint density at radius 2 is 2.13 bits per heavy atom. The van der Waals surface area contributed by atoms with Crippen LogP contribution in [-0.4, -0.2) is 41.5 Å². The van der Waals surface area contributed by atoms with Crippen molar-refractivity contribution in [1.82, 2.24) is 14.7 Å². The summed E-state index contributed by atoms with van der Waals surface area (Å²) in [6, 6.07) is 7.20. The molecule has 23 heavy (non-hydrogen) atoms. The number of ether oxygens (including phenoxy) is 1. The van der Waals surface area contributed by atoms with Crippen molar-refractivity contribution >= 4 is 23.3 Å². The van der Waals surface area contributed by atoms with Crippen molar-refractivity contribution in [3.63, 3.8) is 0 Å². The van der Waals surface area contributed by atoms with Crippen molar-refractivity contribution in [3.8, 4) is 0 Å². The Kier molecular flexibility index (Phi) is 6.01. The van der Waals surface area contributed by atoms with Gasteiger partial charge in [0, 0.05) is 25.4 Å². The third kappa shape index (κ3) is 4.71. The monoisotopic (exact) mass is 336 g/mol. The zero-order chi connectivity index (χ0) is 16.8. The lowest BCUT2D eigenvalue weighted by Crippen LogP contribution is -2.33. The van der Waals surface area contributed by atoms with Gasteiger partial charge in [0.05, 0.1) is 31.1 Å². The van der Waals surface area contributed by atoms with Gasteiger partial charge in [0.2, 0.25) is 0 Å². The van der Waals surface area contributed by atoms with Gasteiger partial charge in [0.25, 0.3) is 0 Å². The summed E-state index contributed by atoms with van der Waals surface area (Å²) in [5.41, 5.74) is 1.67. The van der Waals surface area contributed by atoms with Crippen LogP contribution in [0.5, 0.6) is 0 Å². The first-order valence-electron chi connectivity index (χ1n) is 7.32. The normalized spacial score (nSPS) is 12.0. The zero-order valence-electron chi connectivity index (χ0n) is 13.5. The largest absolute Gasteiger partial charge is 0.383 e. The van der Waals surface area contributed by atoms with Gasteiger partial charge in [-0.15, -0.1) is 0 Å². The van der Waals surface area contributed by atoms with Crippen molar-refractivity contribution in [1.29, 1.82) is 0 Å². The molecule has 0 unspecified atom stereocenters. The van der Waals surface area contributed by atoms with E-state index in [9.17, 15) is 4.79 Å². The van der Waals surface area contributed by atoms with E-state index < -0.39 is 0 Å². The summed E-state index contributed by atoms with van der Waals surface area (Å²) in [6.07, 6.45) is 3.39. The van der Waals surface area contributed by atoms with E-state index in [2.05, 4.69) is 10.4 Å². The quantitative estimate of drug-likeness (QED) is 0.879. The summed E-state index contributed by atoms with van der Waals surface area (Å²) in [7, 11) is 3.39. The molecule has 0 aliphatic heterocycles. The minimum atomic E-state index is -0.196. The molecule has 0 radical (unpaired) electrons. The molecular weight excluding hydrogens is 316 g/mol. The van der Waals surface area contributed by atoms with E-state index in [1.807, 2.05) is 31.2 Å². The Morgan fingerprint density at radius 1 is 1.43 bits per heavy atom. The second-order valence-corrected chi connectivity index (χ2v) is 5.69. The third-order valence-corrected chi connectivity index (χ3v) is 3.91. The van der Waals surface area contributed by atoms with Crippen LogP contribution in [0.1, 0.15) is 18.5 Å². The van der Waals surface area contributed by atoms with E-state index >= 15 is 0 Å². The highest BCUT2D eigenvalue weighted by molar-refractivity contribution is 6.30. The Labute approximate surface area is 141 Å². The van der Waals surface area contributed by atoms with Crippen LogP contribution in [0, 0.1) is 0 Å². The molecule has 1 heterocycles. The average Bonchev–Trinajstić information content (AvgIpc) is 2.99. The molecule has 0 aliphatic carbocycles. The number of carbonyl (C=O) groups excluding carboxylic acids is 1. The van der Waals surface area contributed by atoms with Gasteiger partial charge in [-0.05, 0) is 24.6 Å². The van der Waals surface area contributed by atoms with Gasteiger partial charge in [0.1, 0.15) is 0 Å². The number of carbonyl (C=O) groups is 1. The molecule has 0 saturated heterocycles. The van der Waals surface area contributed by atoms with E-state index in [0.29, 0.717) is 23.9 Å². The number of nitrogens with zero attached hydrogens (tertiary/aromatic N) is 3. The van der Waals surface area contributed by atoms with Crippen molar-refractivity contribution < 1.29 is 9.53 Å². The number of benzene rings is 1. The predicted octanol–water partition coefficient (Wildman–Crippen LogP) is 3.41. The van der Waals surface area contributed by atoms with Crippen LogP contribution in [0.2, 0.25) is 5.02 Å². The third-order valence-electron chi connectivity index (χ3n) is 3.66. The Balaban J connectivity index is 1.96. The first kappa shape index (κ1) is 17.3. The fourth-order valence-electron chi connectivity index (χ4n) is 2.09. The summed E-state index contributed by atoms with van der Waals surface area (Å²) >= 11 is 5.89. The molecule has 0 bridgehead atoms. The number of anilines is 1. The van der Waals surface area contributed by atoms with Crippen LogP contribution in [0.25, 0.3) is 0 Å². The Bertz CT molecular complexity index is 642. The van der Waals surface area contributed by atoms with Crippen molar-refractivity contribution in [2.24, 2.45) is 0 Å². The average molecular weight is 337 g/mol. The van der Waals surface area contributed by atoms with Gasteiger partial charge in [-0.2, -0.15) is 5.10 Å². The van der Waals surface area contributed by atoms with Crippen LogP contribution >= 0.6 is 11.6 Å². The van der Waals surface area contributed by atoms with Crippen LogP contribution < -0.4 is 5.32 Å². The van der Waals surface area contributed by atoms with Crippen LogP contribution in [-0.2, 0) is 11.3 Å². The number of nitrogens with one attached hydrogen (secondary N) is 1. The molecule has 1 aromatic heterocycles. The van der Waals surface area contributed by atoms with E-state index in [-0.39, 0.29) is 12.1 Å². The topological polar surface area (TPSA) is 59.4 Å². The highest BCUT2D eigenvalue weighted by Gasteiger charge is 2.17. The number of rotatable bonds is 6. The molecule has 1 aromatic carbocycles. The molecule has 2 rings (SSSR count). The predicted molar refractivity (Wildman–Crippen MR) is 90.8 cm³/mol. The number of hydrogen-bond donors (Lipinski definition) is 1. The van der Waals surface area contributed by atoms with E-state index in [4.69, 9.17) is 16.3 Å². The molecule has 0 aliphatic rings. The van der Waals surface area contributed by atoms with Gasteiger partial charge < -0.3 is 15.0 Å². The van der Waals surface area contributed by atoms with Crippen LogP contribution in [0.15, 0.2) is 36.7 Å². The maximum absolute atomic E-state index is 12.3. The number of methoxy groups -OCH3 is 1. The second kappa shape index (κ2) is 7.99. The molecule has 7 heteroatoms. The van der Waals surface area contributed by atoms with E-state index in [1.54, 1.807) is 36.1 Å². The molecule has 0 saturated carbocycles. The number of aromatic nitrogens is 2. The Morgan fingerprint density at radius 3 is 2.78 bits per heavy atom. The lowest BCUT2D eigenvalue weighted by atomic mass is 10.1. The summed E-state index contributed by atoms with van der Waals surface area (Å²) in [5.74, 6) is 0. The second-order valence-electron chi connectivity index (χ2n) is 5.25. The SMILES string of the molecule is COCCn1cc(NC(=O)N(C)[C@H](C)c2ccc(Cl)cc2)cn1. The number of urea groups is 1. The van der Waals surface area contributed by atoms with Gasteiger partial charge >= 0.3 is 6.03 Å². The molecule has 2 aromatic rings. The first-order valence-corrected chi connectivity index (χ1v) is 7.69. The molecule has 0 spiro atoms. The van der Waals surface area contributed by atoms with Gasteiger partial charge in [-0.1, -0.05) is 23.7 Å².